The van der Waals surface area contributed by atoms with Gasteiger partial charge in [0.1, 0.15) is 11.6 Å². The Hall–Kier alpha value is -2.44. The fourth-order valence-corrected chi connectivity index (χ4v) is 1.40. The highest BCUT2D eigenvalue weighted by atomic mass is 16.6. The smallest absolute Gasteiger partial charge is 0.326 e. The standard InChI is InChI=1S/C11H12N2O5/c1-2-8(11(15)16)12-10(14)7-5-3-4-6-9(7)13(17)18/h3-6,8H,2H2,1H3,(H,12,14)(H,15,16)/t8-/m1/s1. The number of amides is 1. The van der Waals surface area contributed by atoms with Gasteiger partial charge in [-0.3, -0.25) is 14.9 Å². The van der Waals surface area contributed by atoms with Crippen LogP contribution in [0.1, 0.15) is 23.7 Å². The van der Waals surface area contributed by atoms with Crippen LogP contribution >= 0.6 is 0 Å². The highest BCUT2D eigenvalue weighted by molar-refractivity contribution is 5.99. The Labute approximate surface area is 103 Å². The predicted molar refractivity (Wildman–Crippen MR) is 62.3 cm³/mol. The predicted octanol–water partition coefficient (Wildman–Crippen LogP) is 1.19. The topological polar surface area (TPSA) is 110 Å². The molecular weight excluding hydrogens is 240 g/mol. The SMILES string of the molecule is CC[C@@H](NC(=O)c1ccccc1[N+](=O)[O-])C(=O)O. The van der Waals surface area contributed by atoms with Gasteiger partial charge in [0.25, 0.3) is 11.6 Å². The zero-order valence-corrected chi connectivity index (χ0v) is 9.62. The second-order valence-electron chi connectivity index (χ2n) is 3.55. The van der Waals surface area contributed by atoms with Crippen molar-refractivity contribution in [3.63, 3.8) is 0 Å². The molecule has 0 spiro atoms. The van der Waals surface area contributed by atoms with Crippen LogP contribution in [-0.2, 0) is 4.79 Å². The number of carboxylic acid groups (broad SMARTS) is 1. The van der Waals surface area contributed by atoms with Crippen molar-refractivity contribution in [2.45, 2.75) is 19.4 Å². The largest absolute Gasteiger partial charge is 0.480 e. The van der Waals surface area contributed by atoms with Crippen LogP contribution in [0, 0.1) is 10.1 Å². The summed E-state index contributed by atoms with van der Waals surface area (Å²) in [6, 6.07) is 4.32. The molecule has 1 aromatic carbocycles. The Bertz CT molecular complexity index is 486. The Morgan fingerprint density at radius 2 is 2.06 bits per heavy atom. The molecule has 18 heavy (non-hydrogen) atoms. The van der Waals surface area contributed by atoms with Gasteiger partial charge in [-0.15, -0.1) is 0 Å². The number of carbonyl (C=O) groups is 2. The molecule has 1 amide bonds. The lowest BCUT2D eigenvalue weighted by molar-refractivity contribution is -0.385. The van der Waals surface area contributed by atoms with Crippen LogP contribution in [0.2, 0.25) is 0 Å². The van der Waals surface area contributed by atoms with Crippen molar-refractivity contribution in [1.29, 1.82) is 0 Å². The lowest BCUT2D eigenvalue weighted by atomic mass is 10.1. The van der Waals surface area contributed by atoms with Gasteiger partial charge in [0.2, 0.25) is 0 Å². The lowest BCUT2D eigenvalue weighted by Crippen LogP contribution is -2.40. The minimum atomic E-state index is -1.18. The van der Waals surface area contributed by atoms with Crippen molar-refractivity contribution < 1.29 is 19.6 Å². The highest BCUT2D eigenvalue weighted by Gasteiger charge is 2.23. The third-order valence-electron chi connectivity index (χ3n) is 2.36. The van der Waals surface area contributed by atoms with Crippen LogP contribution in [0.15, 0.2) is 24.3 Å². The normalized spacial score (nSPS) is 11.6. The molecule has 0 aliphatic carbocycles. The number of aliphatic carboxylic acids is 1. The number of nitro benzene ring substituents is 1. The molecule has 2 N–H and O–H groups in total. The van der Waals surface area contributed by atoms with Crippen molar-refractivity contribution in [1.82, 2.24) is 5.32 Å². The molecule has 0 saturated heterocycles. The molecule has 0 aliphatic heterocycles. The molecule has 7 heteroatoms. The summed E-state index contributed by atoms with van der Waals surface area (Å²) in [6.45, 7) is 1.60. The number of carbonyl (C=O) groups excluding carboxylic acids is 1. The van der Waals surface area contributed by atoms with E-state index >= 15 is 0 Å². The maximum Gasteiger partial charge on any atom is 0.326 e. The van der Waals surface area contributed by atoms with Crippen LogP contribution in [0.5, 0.6) is 0 Å². The van der Waals surface area contributed by atoms with E-state index in [1.54, 1.807) is 6.92 Å². The molecular formula is C11H12N2O5. The molecule has 0 aliphatic rings. The van der Waals surface area contributed by atoms with Gasteiger partial charge in [-0.25, -0.2) is 4.79 Å². The molecule has 0 saturated carbocycles. The molecule has 0 heterocycles. The summed E-state index contributed by atoms with van der Waals surface area (Å²) in [5.74, 6) is -1.94. The van der Waals surface area contributed by atoms with E-state index in [9.17, 15) is 19.7 Å². The van der Waals surface area contributed by atoms with Gasteiger partial charge < -0.3 is 10.4 Å². The minimum Gasteiger partial charge on any atom is -0.480 e. The summed E-state index contributed by atoms with van der Waals surface area (Å²) in [6.07, 6.45) is 0.196. The van der Waals surface area contributed by atoms with E-state index in [4.69, 9.17) is 5.11 Å². The average Bonchev–Trinajstić information content (AvgIpc) is 2.35. The number of nitro groups is 1. The second-order valence-corrected chi connectivity index (χ2v) is 3.55. The van der Waals surface area contributed by atoms with Crippen molar-refractivity contribution >= 4 is 17.6 Å². The van der Waals surface area contributed by atoms with Gasteiger partial charge >= 0.3 is 5.97 Å². The zero-order valence-electron chi connectivity index (χ0n) is 9.62. The van der Waals surface area contributed by atoms with Crippen LogP contribution in [0.4, 0.5) is 5.69 Å². The van der Waals surface area contributed by atoms with Gasteiger partial charge in [-0.1, -0.05) is 19.1 Å². The third kappa shape index (κ3) is 3.03. The monoisotopic (exact) mass is 252 g/mol. The van der Waals surface area contributed by atoms with Crippen molar-refractivity contribution in [3.05, 3.63) is 39.9 Å². The summed E-state index contributed by atoms with van der Waals surface area (Å²) in [4.78, 5) is 32.6. The van der Waals surface area contributed by atoms with Crippen molar-refractivity contribution in [2.75, 3.05) is 0 Å². The van der Waals surface area contributed by atoms with Crippen LogP contribution in [0.3, 0.4) is 0 Å². The highest BCUT2D eigenvalue weighted by Crippen LogP contribution is 2.17. The molecule has 1 atom stereocenters. The first-order valence-corrected chi connectivity index (χ1v) is 5.24. The summed E-state index contributed by atoms with van der Waals surface area (Å²) >= 11 is 0. The van der Waals surface area contributed by atoms with E-state index in [0.29, 0.717) is 0 Å². The molecule has 0 bridgehead atoms. The maximum absolute atomic E-state index is 11.8. The Balaban J connectivity index is 2.97. The summed E-state index contributed by atoms with van der Waals surface area (Å²) in [5, 5.41) is 21.8. The summed E-state index contributed by atoms with van der Waals surface area (Å²) in [5.41, 5.74) is -0.502. The third-order valence-corrected chi connectivity index (χ3v) is 2.36. The lowest BCUT2D eigenvalue weighted by Gasteiger charge is -2.12. The molecule has 7 nitrogen and oxygen atoms in total. The molecule has 0 radical (unpaired) electrons. The minimum absolute atomic E-state index is 0.151. The molecule has 96 valence electrons. The van der Waals surface area contributed by atoms with Crippen molar-refractivity contribution in [3.8, 4) is 0 Å². The number of para-hydroxylation sites is 1. The number of rotatable bonds is 5. The van der Waals surface area contributed by atoms with Crippen LogP contribution < -0.4 is 5.32 Å². The Morgan fingerprint density at radius 3 is 2.56 bits per heavy atom. The summed E-state index contributed by atoms with van der Waals surface area (Å²) in [7, 11) is 0. The van der Waals surface area contributed by atoms with Crippen LogP contribution in [0.25, 0.3) is 0 Å². The first-order valence-electron chi connectivity index (χ1n) is 5.24. The van der Waals surface area contributed by atoms with E-state index in [1.165, 1.54) is 24.3 Å². The average molecular weight is 252 g/mol. The van der Waals surface area contributed by atoms with E-state index in [1.807, 2.05) is 0 Å². The van der Waals surface area contributed by atoms with E-state index in [0.717, 1.165) is 0 Å². The molecule has 0 unspecified atom stereocenters. The fraction of sp³-hybridized carbons (Fsp3) is 0.273. The molecule has 0 aromatic heterocycles. The maximum atomic E-state index is 11.8. The number of nitrogens with zero attached hydrogens (tertiary/aromatic N) is 1. The Kier molecular flexibility index (Phi) is 4.36. The Morgan fingerprint density at radius 1 is 1.44 bits per heavy atom. The first-order chi connectivity index (χ1) is 8.47. The van der Waals surface area contributed by atoms with E-state index in [-0.39, 0.29) is 17.7 Å². The number of hydrogen-bond donors (Lipinski definition) is 2. The quantitative estimate of drug-likeness (QED) is 0.604. The van der Waals surface area contributed by atoms with Crippen LogP contribution in [-0.4, -0.2) is 27.9 Å². The summed E-state index contributed by atoms with van der Waals surface area (Å²) < 4.78 is 0. The fourth-order valence-electron chi connectivity index (χ4n) is 1.40. The van der Waals surface area contributed by atoms with Gasteiger partial charge in [-0.2, -0.15) is 0 Å². The van der Waals surface area contributed by atoms with Gasteiger partial charge in [0.05, 0.1) is 4.92 Å². The van der Waals surface area contributed by atoms with E-state index in [2.05, 4.69) is 5.32 Å². The number of hydrogen-bond acceptors (Lipinski definition) is 4. The zero-order chi connectivity index (χ0) is 13.7. The molecule has 1 rings (SSSR count). The van der Waals surface area contributed by atoms with Gasteiger partial charge in [-0.05, 0) is 12.5 Å². The van der Waals surface area contributed by atoms with Gasteiger partial charge in [0, 0.05) is 6.07 Å². The number of nitrogens with one attached hydrogen (secondary N) is 1. The molecule has 1 aromatic rings. The van der Waals surface area contributed by atoms with Crippen molar-refractivity contribution in [2.24, 2.45) is 0 Å². The van der Waals surface area contributed by atoms with Gasteiger partial charge in [0.15, 0.2) is 0 Å². The first kappa shape index (κ1) is 13.6. The van der Waals surface area contributed by atoms with E-state index < -0.39 is 22.8 Å². The molecule has 0 fully saturated rings. The number of carboxylic acids is 1. The number of benzene rings is 1. The second kappa shape index (κ2) is 5.76.